The third-order valence-electron chi connectivity index (χ3n) is 6.15. The molecule has 138 valence electrons. The van der Waals surface area contributed by atoms with Gasteiger partial charge < -0.3 is 10.4 Å². The van der Waals surface area contributed by atoms with Gasteiger partial charge >= 0.3 is 12.1 Å². The molecule has 1 saturated carbocycles. The summed E-state index contributed by atoms with van der Waals surface area (Å²) < 4.78 is 31.7. The van der Waals surface area contributed by atoms with Crippen molar-refractivity contribution in [3.63, 3.8) is 0 Å². The fraction of sp³-hybridized carbons (Fsp3) is 0.632. The number of fused-ring (bicyclic) bond motifs is 1. The maximum absolute atomic E-state index is 10.6. The van der Waals surface area contributed by atoms with E-state index < -0.39 is 12.1 Å². The summed E-state index contributed by atoms with van der Waals surface area (Å²) in [6.45, 7) is 7.28. The first-order valence-electron chi connectivity index (χ1n) is 8.72. The fourth-order valence-electron chi connectivity index (χ4n) is 4.76. The van der Waals surface area contributed by atoms with Crippen LogP contribution in [0.25, 0.3) is 0 Å². The molecule has 2 N–H and O–H groups in total. The normalized spacial score (nSPS) is 25.2. The molecular weight excluding hydrogens is 331 g/mol. The van der Waals surface area contributed by atoms with E-state index in [-0.39, 0.29) is 0 Å². The van der Waals surface area contributed by atoms with Crippen molar-refractivity contribution in [1.82, 2.24) is 5.32 Å². The van der Waals surface area contributed by atoms with Crippen LogP contribution in [0.15, 0.2) is 18.2 Å². The van der Waals surface area contributed by atoms with Crippen LogP contribution >= 0.6 is 0 Å². The van der Waals surface area contributed by atoms with Crippen molar-refractivity contribution < 1.29 is 23.1 Å². The van der Waals surface area contributed by atoms with Gasteiger partial charge in [0.05, 0.1) is 0 Å². The molecule has 1 atom stereocenters. The van der Waals surface area contributed by atoms with E-state index in [0.29, 0.717) is 10.8 Å². The van der Waals surface area contributed by atoms with Crippen molar-refractivity contribution in [1.29, 1.82) is 0 Å². The minimum Gasteiger partial charge on any atom is -0.475 e. The molecule has 6 heteroatoms. The van der Waals surface area contributed by atoms with E-state index in [4.69, 9.17) is 9.90 Å². The first kappa shape index (κ1) is 18.2. The molecule has 0 unspecified atom stereocenters. The average molecular weight is 355 g/mol. The Hall–Kier alpha value is -1.56. The SMILES string of the molecule is CC1(C)C[C@@H]2CCNCc3cccc(c32)C12CC2.O=C(O)C(F)(F)F. The number of halogens is 3. The van der Waals surface area contributed by atoms with E-state index in [1.165, 1.54) is 32.2 Å². The number of carboxylic acids is 1. The van der Waals surface area contributed by atoms with E-state index >= 15 is 0 Å². The Morgan fingerprint density at radius 2 is 1.92 bits per heavy atom. The standard InChI is InChI=1S/C17H23N.C2HF3O2/c1-16(2)10-12-6-9-18-11-13-4-3-5-14(15(12)13)17(16)7-8-17;3-2(4,5)1(6)7/h3-5,12,18H,6-11H2,1-2H3;(H,6,7)/t12-;/m0./s1. The van der Waals surface area contributed by atoms with Gasteiger partial charge in [-0.2, -0.15) is 13.2 Å². The van der Waals surface area contributed by atoms with Crippen molar-refractivity contribution in [2.75, 3.05) is 6.54 Å². The molecule has 1 aromatic rings. The maximum atomic E-state index is 10.6. The average Bonchev–Trinajstić information content (AvgIpc) is 3.31. The number of aliphatic carboxylic acids is 1. The van der Waals surface area contributed by atoms with Crippen molar-refractivity contribution in [3.05, 3.63) is 34.9 Å². The lowest BCUT2D eigenvalue weighted by atomic mass is 9.59. The zero-order chi connectivity index (χ0) is 18.5. The summed E-state index contributed by atoms with van der Waals surface area (Å²) in [5, 5.41) is 10.7. The summed E-state index contributed by atoms with van der Waals surface area (Å²) >= 11 is 0. The molecule has 0 saturated heterocycles. The van der Waals surface area contributed by atoms with E-state index in [1.807, 2.05) is 0 Å². The Morgan fingerprint density at radius 1 is 1.28 bits per heavy atom. The van der Waals surface area contributed by atoms with Gasteiger partial charge in [0.2, 0.25) is 0 Å². The van der Waals surface area contributed by atoms with E-state index in [1.54, 1.807) is 16.7 Å². The molecule has 1 aliphatic heterocycles. The second kappa shape index (κ2) is 6.01. The van der Waals surface area contributed by atoms with Crippen molar-refractivity contribution in [2.45, 2.75) is 63.6 Å². The zero-order valence-electron chi connectivity index (χ0n) is 14.5. The minimum absolute atomic E-state index is 0.494. The van der Waals surface area contributed by atoms with Crippen LogP contribution in [-0.4, -0.2) is 23.8 Å². The van der Waals surface area contributed by atoms with E-state index in [0.717, 1.165) is 12.5 Å². The second-order valence-electron chi connectivity index (χ2n) is 8.01. The van der Waals surface area contributed by atoms with Crippen LogP contribution in [0.4, 0.5) is 13.2 Å². The third kappa shape index (κ3) is 3.16. The van der Waals surface area contributed by atoms with Crippen LogP contribution in [0, 0.1) is 5.41 Å². The summed E-state index contributed by atoms with van der Waals surface area (Å²) in [6.07, 6.45) is 0.454. The number of carboxylic acid groups (broad SMARTS) is 1. The molecule has 1 aromatic carbocycles. The summed E-state index contributed by atoms with van der Waals surface area (Å²) in [4.78, 5) is 8.90. The lowest BCUT2D eigenvalue weighted by molar-refractivity contribution is -0.192. The molecule has 0 radical (unpaired) electrons. The zero-order valence-corrected chi connectivity index (χ0v) is 14.5. The number of benzene rings is 1. The monoisotopic (exact) mass is 355 g/mol. The molecule has 1 spiro atoms. The van der Waals surface area contributed by atoms with Crippen molar-refractivity contribution in [2.24, 2.45) is 5.41 Å². The van der Waals surface area contributed by atoms with Crippen LogP contribution in [0.3, 0.4) is 0 Å². The third-order valence-corrected chi connectivity index (χ3v) is 6.15. The van der Waals surface area contributed by atoms with Gasteiger partial charge in [-0.25, -0.2) is 4.79 Å². The van der Waals surface area contributed by atoms with Gasteiger partial charge in [-0.15, -0.1) is 0 Å². The van der Waals surface area contributed by atoms with Gasteiger partial charge in [0.15, 0.2) is 0 Å². The first-order valence-corrected chi connectivity index (χ1v) is 8.72. The summed E-state index contributed by atoms with van der Waals surface area (Å²) in [7, 11) is 0. The Balaban J connectivity index is 0.000000225. The lowest BCUT2D eigenvalue weighted by Gasteiger charge is -2.45. The summed E-state index contributed by atoms with van der Waals surface area (Å²) in [5.41, 5.74) is 6.05. The molecular formula is C19H24F3NO2. The molecule has 0 amide bonds. The summed E-state index contributed by atoms with van der Waals surface area (Å²) in [5.74, 6) is -1.96. The Morgan fingerprint density at radius 3 is 2.48 bits per heavy atom. The molecule has 4 rings (SSSR count). The number of hydrogen-bond acceptors (Lipinski definition) is 2. The van der Waals surface area contributed by atoms with Crippen LogP contribution in [0.2, 0.25) is 0 Å². The number of carbonyl (C=O) groups is 1. The number of hydrogen-bond donors (Lipinski definition) is 2. The van der Waals surface area contributed by atoms with Crippen LogP contribution < -0.4 is 5.32 Å². The topological polar surface area (TPSA) is 49.3 Å². The van der Waals surface area contributed by atoms with Gasteiger partial charge in [-0.3, -0.25) is 0 Å². The number of alkyl halides is 3. The summed E-state index contributed by atoms with van der Waals surface area (Å²) in [6, 6.07) is 7.07. The maximum Gasteiger partial charge on any atom is 0.490 e. The first-order chi connectivity index (χ1) is 11.6. The highest BCUT2D eigenvalue weighted by molar-refractivity contribution is 5.73. The van der Waals surface area contributed by atoms with Crippen LogP contribution in [0.5, 0.6) is 0 Å². The predicted octanol–water partition coefficient (Wildman–Crippen LogP) is 4.36. The molecule has 1 heterocycles. The van der Waals surface area contributed by atoms with Gasteiger partial charge in [0.25, 0.3) is 0 Å². The predicted molar refractivity (Wildman–Crippen MR) is 88.5 cm³/mol. The molecule has 25 heavy (non-hydrogen) atoms. The molecule has 1 fully saturated rings. The Kier molecular flexibility index (Phi) is 4.38. The van der Waals surface area contributed by atoms with Gasteiger partial charge in [-0.05, 0) is 60.3 Å². The van der Waals surface area contributed by atoms with Crippen LogP contribution in [0.1, 0.15) is 62.1 Å². The van der Waals surface area contributed by atoms with Gasteiger partial charge in [0, 0.05) is 12.0 Å². The quantitative estimate of drug-likeness (QED) is 0.727. The highest BCUT2D eigenvalue weighted by Crippen LogP contribution is 2.67. The Labute approximate surface area is 145 Å². The number of rotatable bonds is 0. The van der Waals surface area contributed by atoms with Crippen molar-refractivity contribution in [3.8, 4) is 0 Å². The van der Waals surface area contributed by atoms with Gasteiger partial charge in [0.1, 0.15) is 0 Å². The second-order valence-corrected chi connectivity index (χ2v) is 8.01. The minimum atomic E-state index is -5.08. The molecule has 0 bridgehead atoms. The largest absolute Gasteiger partial charge is 0.490 e. The fourth-order valence-corrected chi connectivity index (χ4v) is 4.76. The molecule has 0 aromatic heterocycles. The molecule has 3 nitrogen and oxygen atoms in total. The number of nitrogens with one attached hydrogen (secondary N) is 1. The van der Waals surface area contributed by atoms with E-state index in [2.05, 4.69) is 37.4 Å². The van der Waals surface area contributed by atoms with E-state index in [9.17, 15) is 13.2 Å². The highest BCUT2D eigenvalue weighted by Gasteiger charge is 2.59. The highest BCUT2D eigenvalue weighted by atomic mass is 19.4. The van der Waals surface area contributed by atoms with Gasteiger partial charge in [-0.1, -0.05) is 32.0 Å². The van der Waals surface area contributed by atoms with Crippen molar-refractivity contribution >= 4 is 5.97 Å². The Bertz CT molecular complexity index is 678. The smallest absolute Gasteiger partial charge is 0.475 e. The molecule has 3 aliphatic rings. The van der Waals surface area contributed by atoms with Crippen LogP contribution in [-0.2, 0) is 16.8 Å². The lowest BCUT2D eigenvalue weighted by Crippen LogP contribution is -2.37. The molecule has 2 aliphatic carbocycles.